The van der Waals surface area contributed by atoms with Crippen molar-refractivity contribution in [3.8, 4) is 5.69 Å². The molecule has 0 N–H and O–H groups in total. The second-order valence-corrected chi connectivity index (χ2v) is 6.18. The van der Waals surface area contributed by atoms with E-state index in [4.69, 9.17) is 0 Å². The maximum Gasteiger partial charge on any atom is 0.350 e. The van der Waals surface area contributed by atoms with Crippen LogP contribution in [-0.4, -0.2) is 25.4 Å². The number of imidazole rings is 1. The molecule has 0 atom stereocenters. The van der Waals surface area contributed by atoms with Crippen molar-refractivity contribution in [2.45, 2.75) is 37.8 Å². The Balaban J connectivity index is 2.18. The number of unbranched alkanes of at least 4 members (excludes halogenated alkanes) is 2. The summed E-state index contributed by atoms with van der Waals surface area (Å²) in [4.78, 5) is 21.1. The van der Waals surface area contributed by atoms with E-state index < -0.39 is 0 Å². The number of thioether (sulfide) groups is 1. The molecule has 0 aliphatic carbocycles. The number of nitrogens with zero attached hydrogens (tertiary/aromatic N) is 4. The van der Waals surface area contributed by atoms with Crippen molar-refractivity contribution >= 4 is 22.9 Å². The molecule has 0 saturated heterocycles. The van der Waals surface area contributed by atoms with Crippen LogP contribution in [0.15, 0.2) is 46.5 Å². The molecule has 0 amide bonds. The van der Waals surface area contributed by atoms with Crippen LogP contribution in [0.4, 0.5) is 0 Å². The van der Waals surface area contributed by atoms with Crippen molar-refractivity contribution < 1.29 is 0 Å². The lowest BCUT2D eigenvalue weighted by Crippen LogP contribution is -2.24. The molecular weight excluding hydrogens is 308 g/mol. The molecule has 0 aliphatic rings. The summed E-state index contributed by atoms with van der Waals surface area (Å²) in [6.45, 7) is 2.81. The van der Waals surface area contributed by atoms with Gasteiger partial charge in [0, 0.05) is 12.2 Å². The molecule has 3 rings (SSSR count). The third-order valence-corrected chi connectivity index (χ3v) is 4.52. The van der Waals surface area contributed by atoms with Gasteiger partial charge in [-0.25, -0.2) is 9.78 Å². The Morgan fingerprint density at radius 2 is 1.96 bits per heavy atom. The minimum Gasteiger partial charge on any atom is -0.295 e. The maximum atomic E-state index is 12.3. The van der Waals surface area contributed by atoms with E-state index >= 15 is 0 Å². The zero-order valence-corrected chi connectivity index (χ0v) is 14.2. The topological polar surface area (TPSA) is 52.7 Å². The number of rotatable bonds is 6. The smallest absolute Gasteiger partial charge is 0.295 e. The van der Waals surface area contributed by atoms with E-state index in [0.717, 1.165) is 35.5 Å². The Morgan fingerprint density at radius 3 is 2.65 bits per heavy atom. The Morgan fingerprint density at radius 1 is 1.17 bits per heavy atom. The summed E-state index contributed by atoms with van der Waals surface area (Å²) >= 11 is 1.48. The average molecular weight is 328 g/mol. The van der Waals surface area contributed by atoms with Crippen LogP contribution in [0.25, 0.3) is 16.9 Å². The predicted molar refractivity (Wildman–Crippen MR) is 94.4 cm³/mol. The first-order valence-electron chi connectivity index (χ1n) is 7.83. The fourth-order valence-corrected chi connectivity index (χ4v) is 3.23. The van der Waals surface area contributed by atoms with Crippen molar-refractivity contribution in [1.82, 2.24) is 19.1 Å². The fourth-order valence-electron chi connectivity index (χ4n) is 2.67. The zero-order valence-electron chi connectivity index (χ0n) is 13.4. The SMILES string of the molecule is CCCCCn1c(=O)nc(SC)c2c1ncn2-c1ccccc1. The standard InChI is InChI=1S/C17H20N4OS/c1-3-4-8-11-20-15-14(16(23-2)19-17(20)22)21(12-18-15)13-9-6-5-7-10-13/h5-7,9-10,12H,3-4,8,11H2,1-2H3. The van der Waals surface area contributed by atoms with E-state index in [1.54, 1.807) is 10.9 Å². The van der Waals surface area contributed by atoms with Crippen LogP contribution in [-0.2, 0) is 6.54 Å². The first kappa shape index (κ1) is 15.8. The lowest BCUT2D eigenvalue weighted by Gasteiger charge is -2.10. The summed E-state index contributed by atoms with van der Waals surface area (Å²) in [5, 5.41) is 0.720. The normalized spacial score (nSPS) is 11.2. The van der Waals surface area contributed by atoms with Crippen LogP contribution >= 0.6 is 11.8 Å². The molecule has 2 heterocycles. The number of hydrogen-bond acceptors (Lipinski definition) is 4. The van der Waals surface area contributed by atoms with Gasteiger partial charge >= 0.3 is 5.69 Å². The maximum absolute atomic E-state index is 12.3. The molecule has 0 radical (unpaired) electrons. The minimum atomic E-state index is -0.212. The van der Waals surface area contributed by atoms with Gasteiger partial charge in [-0.2, -0.15) is 4.98 Å². The Labute approximate surface area is 139 Å². The molecular formula is C17H20N4OS. The quantitative estimate of drug-likeness (QED) is 0.395. The van der Waals surface area contributed by atoms with Gasteiger partial charge < -0.3 is 0 Å². The molecule has 120 valence electrons. The van der Waals surface area contributed by atoms with Crippen LogP contribution in [0.1, 0.15) is 26.2 Å². The molecule has 5 nitrogen and oxygen atoms in total. The van der Waals surface area contributed by atoms with Crippen molar-refractivity contribution in [3.63, 3.8) is 0 Å². The number of hydrogen-bond donors (Lipinski definition) is 0. The summed E-state index contributed by atoms with van der Waals surface area (Å²) in [5.41, 5.74) is 2.43. The lowest BCUT2D eigenvalue weighted by atomic mass is 10.2. The van der Waals surface area contributed by atoms with E-state index in [1.165, 1.54) is 11.8 Å². The molecule has 0 saturated carbocycles. The predicted octanol–water partition coefficient (Wildman–Crippen LogP) is 3.49. The van der Waals surface area contributed by atoms with Gasteiger partial charge in [0.15, 0.2) is 5.65 Å². The number of benzene rings is 1. The van der Waals surface area contributed by atoms with E-state index in [1.807, 2.05) is 41.2 Å². The first-order chi connectivity index (χ1) is 11.3. The van der Waals surface area contributed by atoms with Gasteiger partial charge in [-0.05, 0) is 24.8 Å². The van der Waals surface area contributed by atoms with E-state index in [0.29, 0.717) is 12.2 Å². The summed E-state index contributed by atoms with van der Waals surface area (Å²) < 4.78 is 3.70. The molecule has 3 aromatic rings. The van der Waals surface area contributed by atoms with E-state index in [-0.39, 0.29) is 5.69 Å². The van der Waals surface area contributed by atoms with Crippen LogP contribution < -0.4 is 5.69 Å². The summed E-state index contributed by atoms with van der Waals surface area (Å²) in [6, 6.07) is 10.0. The molecule has 1 aromatic carbocycles. The third kappa shape index (κ3) is 3.03. The monoisotopic (exact) mass is 328 g/mol. The van der Waals surface area contributed by atoms with Gasteiger partial charge in [-0.3, -0.25) is 9.13 Å². The van der Waals surface area contributed by atoms with Crippen molar-refractivity contribution in [2.24, 2.45) is 0 Å². The Bertz CT molecular complexity index is 854. The summed E-state index contributed by atoms with van der Waals surface area (Å²) in [6.07, 6.45) is 6.89. The Kier molecular flexibility index (Phi) is 4.81. The molecule has 0 unspecified atom stereocenters. The summed E-state index contributed by atoms with van der Waals surface area (Å²) in [5.74, 6) is 0. The van der Waals surface area contributed by atoms with E-state index in [2.05, 4.69) is 16.9 Å². The van der Waals surface area contributed by atoms with Crippen molar-refractivity contribution in [1.29, 1.82) is 0 Å². The van der Waals surface area contributed by atoms with Gasteiger partial charge in [0.2, 0.25) is 0 Å². The summed E-state index contributed by atoms with van der Waals surface area (Å²) in [7, 11) is 0. The van der Waals surface area contributed by atoms with Gasteiger partial charge in [-0.1, -0.05) is 38.0 Å². The highest BCUT2D eigenvalue weighted by atomic mass is 32.2. The van der Waals surface area contributed by atoms with Gasteiger partial charge in [-0.15, -0.1) is 11.8 Å². The number of aromatic nitrogens is 4. The Hall–Kier alpha value is -2.08. The first-order valence-corrected chi connectivity index (χ1v) is 9.06. The van der Waals surface area contributed by atoms with Crippen LogP contribution in [0.2, 0.25) is 0 Å². The minimum absolute atomic E-state index is 0.212. The number of para-hydroxylation sites is 1. The molecule has 0 bridgehead atoms. The van der Waals surface area contributed by atoms with Crippen LogP contribution in [0.3, 0.4) is 0 Å². The molecule has 2 aromatic heterocycles. The highest BCUT2D eigenvalue weighted by molar-refractivity contribution is 7.98. The number of aryl methyl sites for hydroxylation is 1. The van der Waals surface area contributed by atoms with Crippen molar-refractivity contribution in [3.05, 3.63) is 47.1 Å². The molecule has 6 heteroatoms. The fraction of sp³-hybridized carbons (Fsp3) is 0.353. The third-order valence-electron chi connectivity index (χ3n) is 3.85. The highest BCUT2D eigenvalue weighted by Crippen LogP contribution is 2.25. The van der Waals surface area contributed by atoms with Gasteiger partial charge in [0.1, 0.15) is 16.9 Å². The molecule has 23 heavy (non-hydrogen) atoms. The van der Waals surface area contributed by atoms with Crippen molar-refractivity contribution in [2.75, 3.05) is 6.26 Å². The molecule has 0 spiro atoms. The zero-order chi connectivity index (χ0) is 16.2. The lowest BCUT2D eigenvalue weighted by molar-refractivity contribution is 0.586. The highest BCUT2D eigenvalue weighted by Gasteiger charge is 2.16. The second kappa shape index (κ2) is 7.00. The molecule has 0 aliphatic heterocycles. The van der Waals surface area contributed by atoms with Gasteiger partial charge in [0.25, 0.3) is 0 Å². The van der Waals surface area contributed by atoms with Gasteiger partial charge in [0.05, 0.1) is 0 Å². The van der Waals surface area contributed by atoms with E-state index in [9.17, 15) is 4.79 Å². The molecule has 0 fully saturated rings. The largest absolute Gasteiger partial charge is 0.350 e. The van der Waals surface area contributed by atoms with Crippen LogP contribution in [0.5, 0.6) is 0 Å². The number of fused-ring (bicyclic) bond motifs is 1. The average Bonchev–Trinajstić information content (AvgIpc) is 3.02. The second-order valence-electron chi connectivity index (χ2n) is 5.38. The van der Waals surface area contributed by atoms with Crippen LogP contribution in [0, 0.1) is 0 Å².